The molecule has 0 fully saturated rings. The number of nitrogens with zero attached hydrogens (tertiary/aromatic N) is 4. The van der Waals surface area contributed by atoms with Gasteiger partial charge in [-0.15, -0.1) is 11.3 Å². The summed E-state index contributed by atoms with van der Waals surface area (Å²) in [4.78, 5) is 28.5. The van der Waals surface area contributed by atoms with Crippen LogP contribution in [0.5, 0.6) is 0 Å². The van der Waals surface area contributed by atoms with Crippen molar-refractivity contribution in [2.75, 3.05) is 11.9 Å². The first-order valence-corrected chi connectivity index (χ1v) is 9.29. The number of pyridine rings is 1. The van der Waals surface area contributed by atoms with E-state index in [9.17, 15) is 4.79 Å². The van der Waals surface area contributed by atoms with Gasteiger partial charge < -0.3 is 0 Å². The van der Waals surface area contributed by atoms with Crippen LogP contribution >= 0.6 is 22.7 Å². The molecular formula is C18H14N4OS2. The largest absolute Gasteiger partial charge is 0.286 e. The summed E-state index contributed by atoms with van der Waals surface area (Å²) in [6, 6.07) is 13.5. The van der Waals surface area contributed by atoms with Crippen LogP contribution in [0.2, 0.25) is 0 Å². The second-order valence-electron chi connectivity index (χ2n) is 5.48. The lowest BCUT2D eigenvalue weighted by molar-refractivity contribution is 0.0996. The third-order valence-corrected chi connectivity index (χ3v) is 6.03. The van der Waals surface area contributed by atoms with Crippen molar-refractivity contribution in [2.45, 2.75) is 6.92 Å². The van der Waals surface area contributed by atoms with Gasteiger partial charge in [-0.05, 0) is 31.2 Å². The average Bonchev–Trinajstić information content (AvgIpc) is 3.25. The molecule has 3 heterocycles. The number of carbonyl (C=O) groups is 1. The first-order chi connectivity index (χ1) is 12.1. The molecule has 4 rings (SSSR count). The Balaban J connectivity index is 1.67. The highest BCUT2D eigenvalue weighted by Gasteiger charge is 2.23. The maximum Gasteiger partial charge on any atom is 0.271 e. The van der Waals surface area contributed by atoms with E-state index in [1.54, 1.807) is 18.1 Å². The van der Waals surface area contributed by atoms with Crippen molar-refractivity contribution in [3.63, 3.8) is 0 Å². The predicted octanol–water partition coefficient (Wildman–Crippen LogP) is 4.40. The standard InChI is InChI=1S/C18H14N4OS2/c1-11-15(25-16(20-11)13-8-5-6-10-19-13)17(23)22(2)18-21-12-7-3-4-9-14(12)24-18/h3-10H,1-2H3. The Morgan fingerprint density at radius 1 is 1.04 bits per heavy atom. The zero-order valence-electron chi connectivity index (χ0n) is 13.6. The zero-order valence-corrected chi connectivity index (χ0v) is 15.3. The first kappa shape index (κ1) is 15.9. The normalized spacial score (nSPS) is 11.0. The van der Waals surface area contributed by atoms with Gasteiger partial charge in [-0.2, -0.15) is 0 Å². The lowest BCUT2D eigenvalue weighted by atomic mass is 10.3. The zero-order chi connectivity index (χ0) is 17.4. The molecule has 0 saturated carbocycles. The summed E-state index contributed by atoms with van der Waals surface area (Å²) >= 11 is 2.87. The van der Waals surface area contributed by atoms with E-state index >= 15 is 0 Å². The Bertz CT molecular complexity index is 1020. The predicted molar refractivity (Wildman–Crippen MR) is 102 cm³/mol. The number of aryl methyl sites for hydroxylation is 1. The van der Waals surface area contributed by atoms with Crippen molar-refractivity contribution in [2.24, 2.45) is 0 Å². The summed E-state index contributed by atoms with van der Waals surface area (Å²) in [6.45, 7) is 1.85. The maximum absolute atomic E-state index is 12.9. The smallest absolute Gasteiger partial charge is 0.271 e. The molecule has 0 unspecified atom stereocenters. The molecule has 124 valence electrons. The van der Waals surface area contributed by atoms with Crippen LogP contribution in [0.15, 0.2) is 48.7 Å². The van der Waals surface area contributed by atoms with Crippen LogP contribution in [0.3, 0.4) is 0 Å². The minimum Gasteiger partial charge on any atom is -0.286 e. The van der Waals surface area contributed by atoms with Crippen molar-refractivity contribution < 1.29 is 4.79 Å². The number of rotatable bonds is 3. The third kappa shape index (κ3) is 2.92. The van der Waals surface area contributed by atoms with Crippen LogP contribution in [-0.4, -0.2) is 27.9 Å². The molecule has 1 aromatic carbocycles. The SMILES string of the molecule is Cc1nc(-c2ccccn2)sc1C(=O)N(C)c1nc2ccccc2s1. The highest BCUT2D eigenvalue weighted by Crippen LogP contribution is 2.31. The summed E-state index contributed by atoms with van der Waals surface area (Å²) in [5.74, 6) is -0.101. The Labute approximate surface area is 152 Å². The van der Waals surface area contributed by atoms with Gasteiger partial charge in [0.1, 0.15) is 9.88 Å². The number of fused-ring (bicyclic) bond motifs is 1. The minimum atomic E-state index is -0.101. The summed E-state index contributed by atoms with van der Waals surface area (Å²) in [5, 5.41) is 1.43. The number of aromatic nitrogens is 3. The number of carbonyl (C=O) groups excluding carboxylic acids is 1. The molecule has 0 N–H and O–H groups in total. The summed E-state index contributed by atoms with van der Waals surface area (Å²) in [6.07, 6.45) is 1.72. The van der Waals surface area contributed by atoms with Gasteiger partial charge in [-0.25, -0.2) is 9.97 Å². The highest BCUT2D eigenvalue weighted by atomic mass is 32.1. The fourth-order valence-corrected chi connectivity index (χ4v) is 4.38. The van der Waals surface area contributed by atoms with Crippen molar-refractivity contribution in [1.29, 1.82) is 0 Å². The molecule has 0 aliphatic heterocycles. The number of para-hydroxylation sites is 1. The van der Waals surface area contributed by atoms with Crippen LogP contribution in [-0.2, 0) is 0 Å². The van der Waals surface area contributed by atoms with Crippen molar-refractivity contribution in [3.05, 3.63) is 59.2 Å². The third-order valence-electron chi connectivity index (χ3n) is 3.75. The molecule has 0 saturated heterocycles. The average molecular weight is 366 g/mol. The van der Waals surface area contributed by atoms with E-state index in [1.807, 2.05) is 49.4 Å². The van der Waals surface area contributed by atoms with Gasteiger partial charge in [0.05, 0.1) is 21.6 Å². The van der Waals surface area contributed by atoms with Gasteiger partial charge in [0.2, 0.25) is 0 Å². The van der Waals surface area contributed by atoms with Crippen molar-refractivity contribution in [1.82, 2.24) is 15.0 Å². The molecule has 5 nitrogen and oxygen atoms in total. The molecule has 0 aliphatic rings. The van der Waals surface area contributed by atoms with Crippen molar-refractivity contribution >= 4 is 43.9 Å². The van der Waals surface area contributed by atoms with E-state index in [-0.39, 0.29) is 5.91 Å². The Hall–Kier alpha value is -2.64. The first-order valence-electron chi connectivity index (χ1n) is 7.66. The molecule has 0 aliphatic carbocycles. The van der Waals surface area contributed by atoms with E-state index < -0.39 is 0 Å². The number of hydrogen-bond donors (Lipinski definition) is 0. The monoisotopic (exact) mass is 366 g/mol. The number of anilines is 1. The number of benzene rings is 1. The van der Waals surface area contributed by atoms with Crippen LogP contribution in [0.1, 0.15) is 15.4 Å². The van der Waals surface area contributed by atoms with E-state index in [0.29, 0.717) is 15.7 Å². The van der Waals surface area contributed by atoms with Crippen LogP contribution in [0.4, 0.5) is 5.13 Å². The van der Waals surface area contributed by atoms with Crippen LogP contribution in [0, 0.1) is 6.92 Å². The van der Waals surface area contributed by atoms with Gasteiger partial charge in [0.15, 0.2) is 5.13 Å². The Morgan fingerprint density at radius 2 is 1.84 bits per heavy atom. The van der Waals surface area contributed by atoms with E-state index in [4.69, 9.17) is 0 Å². The van der Waals surface area contributed by atoms with Gasteiger partial charge >= 0.3 is 0 Å². The van der Waals surface area contributed by atoms with E-state index in [1.165, 1.54) is 22.7 Å². The molecule has 0 atom stereocenters. The molecule has 25 heavy (non-hydrogen) atoms. The molecule has 4 aromatic rings. The molecule has 7 heteroatoms. The van der Waals surface area contributed by atoms with Gasteiger partial charge in [0, 0.05) is 13.2 Å². The minimum absolute atomic E-state index is 0.101. The maximum atomic E-state index is 12.9. The topological polar surface area (TPSA) is 59.0 Å². The second kappa shape index (κ2) is 6.34. The van der Waals surface area contributed by atoms with Crippen LogP contribution < -0.4 is 4.90 Å². The van der Waals surface area contributed by atoms with Gasteiger partial charge in [0.25, 0.3) is 5.91 Å². The van der Waals surface area contributed by atoms with Gasteiger partial charge in [-0.3, -0.25) is 14.7 Å². The number of hydrogen-bond acceptors (Lipinski definition) is 6. The quantitative estimate of drug-likeness (QED) is 0.539. The Kier molecular flexibility index (Phi) is 4.03. The summed E-state index contributed by atoms with van der Waals surface area (Å²) in [5.41, 5.74) is 2.39. The lowest BCUT2D eigenvalue weighted by Crippen LogP contribution is -2.25. The highest BCUT2D eigenvalue weighted by molar-refractivity contribution is 7.22. The van der Waals surface area contributed by atoms with Crippen molar-refractivity contribution in [3.8, 4) is 10.7 Å². The molecular weight excluding hydrogens is 352 g/mol. The van der Waals surface area contributed by atoms with Gasteiger partial charge in [-0.1, -0.05) is 29.5 Å². The second-order valence-corrected chi connectivity index (χ2v) is 7.49. The molecule has 0 bridgehead atoms. The fourth-order valence-electron chi connectivity index (χ4n) is 2.44. The van der Waals surface area contributed by atoms with E-state index in [2.05, 4.69) is 15.0 Å². The van der Waals surface area contributed by atoms with E-state index in [0.717, 1.165) is 20.9 Å². The summed E-state index contributed by atoms with van der Waals surface area (Å²) < 4.78 is 1.06. The molecule has 1 amide bonds. The molecule has 0 radical (unpaired) electrons. The lowest BCUT2D eigenvalue weighted by Gasteiger charge is -2.12. The fraction of sp³-hybridized carbons (Fsp3) is 0.111. The number of amides is 1. The molecule has 0 spiro atoms. The van der Waals surface area contributed by atoms with Crippen LogP contribution in [0.25, 0.3) is 20.9 Å². The number of thiazole rings is 2. The summed E-state index contributed by atoms with van der Waals surface area (Å²) in [7, 11) is 1.75. The molecule has 3 aromatic heterocycles. The Morgan fingerprint density at radius 3 is 2.60 bits per heavy atom.